The Labute approximate surface area is 115 Å². The number of methoxy groups -OCH3 is 1. The fourth-order valence-corrected chi connectivity index (χ4v) is 2.78. The Bertz CT molecular complexity index is 515. The van der Waals surface area contributed by atoms with E-state index < -0.39 is 10.0 Å². The largest absolute Gasteiger partial charge is 0.383 e. The molecule has 19 heavy (non-hydrogen) atoms. The van der Waals surface area contributed by atoms with Crippen LogP contribution in [0.3, 0.4) is 0 Å². The minimum Gasteiger partial charge on any atom is -0.383 e. The number of hydrogen-bond donors (Lipinski definition) is 2. The Morgan fingerprint density at radius 1 is 1.37 bits per heavy atom. The molecule has 0 saturated carbocycles. The van der Waals surface area contributed by atoms with Gasteiger partial charge in [0, 0.05) is 18.8 Å². The second kappa shape index (κ2) is 6.88. The Morgan fingerprint density at radius 2 is 2.05 bits per heavy atom. The van der Waals surface area contributed by atoms with Crippen LogP contribution in [0.15, 0.2) is 23.1 Å². The maximum Gasteiger partial charge on any atom is 0.240 e. The number of sulfonamides is 1. The highest BCUT2D eigenvalue weighted by Crippen LogP contribution is 2.20. The molecule has 1 atom stereocenters. The average Bonchev–Trinajstić information content (AvgIpc) is 2.40. The molecule has 1 unspecified atom stereocenters. The van der Waals surface area contributed by atoms with Crippen molar-refractivity contribution in [2.75, 3.05) is 26.1 Å². The predicted molar refractivity (Wildman–Crippen MR) is 77.0 cm³/mol. The van der Waals surface area contributed by atoms with E-state index >= 15 is 0 Å². The second-order valence-corrected chi connectivity index (χ2v) is 6.25. The molecule has 0 aliphatic heterocycles. The van der Waals surface area contributed by atoms with Gasteiger partial charge in [0.2, 0.25) is 10.0 Å². The van der Waals surface area contributed by atoms with Gasteiger partial charge in [0.1, 0.15) is 0 Å². The van der Waals surface area contributed by atoms with Crippen molar-refractivity contribution in [3.8, 4) is 0 Å². The highest BCUT2D eigenvalue weighted by Gasteiger charge is 2.15. The number of rotatable bonds is 7. The lowest BCUT2D eigenvalue weighted by Crippen LogP contribution is -2.24. The Kier molecular flexibility index (Phi) is 5.78. The molecule has 0 aliphatic carbocycles. The van der Waals surface area contributed by atoms with Crippen LogP contribution in [0.1, 0.15) is 18.9 Å². The number of nitrogens with one attached hydrogen (secondary N) is 2. The third-order valence-corrected chi connectivity index (χ3v) is 4.53. The molecule has 0 amide bonds. The van der Waals surface area contributed by atoms with Crippen LogP contribution in [0.2, 0.25) is 0 Å². The molecule has 0 bridgehead atoms. The zero-order chi connectivity index (χ0) is 14.5. The summed E-state index contributed by atoms with van der Waals surface area (Å²) in [6.07, 6.45) is 0.899. The van der Waals surface area contributed by atoms with E-state index in [1.54, 1.807) is 26.2 Å². The van der Waals surface area contributed by atoms with E-state index in [0.29, 0.717) is 11.5 Å². The van der Waals surface area contributed by atoms with Crippen LogP contribution in [0.25, 0.3) is 0 Å². The molecule has 0 spiro atoms. The Morgan fingerprint density at radius 3 is 2.58 bits per heavy atom. The van der Waals surface area contributed by atoms with E-state index in [0.717, 1.165) is 17.7 Å². The molecule has 108 valence electrons. The fourth-order valence-electron chi connectivity index (χ4n) is 1.79. The molecule has 1 aromatic rings. The highest BCUT2D eigenvalue weighted by molar-refractivity contribution is 7.89. The summed E-state index contributed by atoms with van der Waals surface area (Å²) in [5.41, 5.74) is 1.50. The van der Waals surface area contributed by atoms with Crippen LogP contribution in [0, 0.1) is 6.92 Å². The number of hydrogen-bond acceptors (Lipinski definition) is 4. The summed E-state index contributed by atoms with van der Waals surface area (Å²) in [5, 5.41) is 3.28. The van der Waals surface area contributed by atoms with Crippen molar-refractivity contribution in [3.05, 3.63) is 23.8 Å². The number of aryl methyl sites for hydroxylation is 1. The molecule has 1 aromatic carbocycles. The van der Waals surface area contributed by atoms with E-state index in [2.05, 4.69) is 17.0 Å². The summed E-state index contributed by atoms with van der Waals surface area (Å²) in [6, 6.07) is 5.49. The molecule has 0 heterocycles. The first-order valence-corrected chi connectivity index (χ1v) is 7.72. The minimum absolute atomic E-state index is 0.165. The highest BCUT2D eigenvalue weighted by atomic mass is 32.2. The van der Waals surface area contributed by atoms with Crippen molar-refractivity contribution >= 4 is 15.7 Å². The van der Waals surface area contributed by atoms with E-state index in [-0.39, 0.29) is 6.04 Å². The molecule has 2 N–H and O–H groups in total. The first kappa shape index (κ1) is 15.9. The monoisotopic (exact) mass is 286 g/mol. The lowest BCUT2D eigenvalue weighted by atomic mass is 10.2. The van der Waals surface area contributed by atoms with Crippen LogP contribution in [0.4, 0.5) is 5.69 Å². The van der Waals surface area contributed by atoms with Gasteiger partial charge >= 0.3 is 0 Å². The lowest BCUT2D eigenvalue weighted by Gasteiger charge is -2.18. The maximum absolute atomic E-state index is 11.9. The number of benzene rings is 1. The van der Waals surface area contributed by atoms with Gasteiger partial charge in [0.25, 0.3) is 0 Å². The average molecular weight is 286 g/mol. The first-order chi connectivity index (χ1) is 8.94. The standard InChI is InChI=1S/C13H22N2O3S/c1-5-11(9-18-4)15-12-7-6-10(2)13(8-12)19(16,17)14-3/h6-8,11,14-15H,5,9H2,1-4H3. The Balaban J connectivity index is 3.03. The molecule has 6 heteroatoms. The van der Waals surface area contributed by atoms with Crippen molar-refractivity contribution in [2.24, 2.45) is 0 Å². The molecular weight excluding hydrogens is 264 g/mol. The van der Waals surface area contributed by atoms with Crippen LogP contribution in [-0.2, 0) is 14.8 Å². The van der Waals surface area contributed by atoms with E-state index in [9.17, 15) is 8.42 Å². The van der Waals surface area contributed by atoms with Gasteiger partial charge in [-0.25, -0.2) is 13.1 Å². The molecule has 0 saturated heterocycles. The van der Waals surface area contributed by atoms with Crippen molar-refractivity contribution < 1.29 is 13.2 Å². The SMILES string of the molecule is CCC(COC)Nc1ccc(C)c(S(=O)(=O)NC)c1. The van der Waals surface area contributed by atoms with Gasteiger partial charge in [-0.2, -0.15) is 0 Å². The third-order valence-electron chi connectivity index (χ3n) is 2.98. The molecule has 0 aliphatic rings. The Hall–Kier alpha value is -1.11. The van der Waals surface area contributed by atoms with Gasteiger partial charge in [-0.05, 0) is 38.1 Å². The van der Waals surface area contributed by atoms with Crippen molar-refractivity contribution in [3.63, 3.8) is 0 Å². The molecule has 1 rings (SSSR count). The summed E-state index contributed by atoms with van der Waals surface area (Å²) in [4.78, 5) is 0.298. The van der Waals surface area contributed by atoms with Gasteiger partial charge < -0.3 is 10.1 Å². The molecule has 0 fully saturated rings. The summed E-state index contributed by atoms with van der Waals surface area (Å²) >= 11 is 0. The fraction of sp³-hybridized carbons (Fsp3) is 0.538. The third kappa shape index (κ3) is 4.19. The topological polar surface area (TPSA) is 67.4 Å². The van der Waals surface area contributed by atoms with Crippen LogP contribution in [0.5, 0.6) is 0 Å². The van der Waals surface area contributed by atoms with Crippen LogP contribution < -0.4 is 10.0 Å². The summed E-state index contributed by atoms with van der Waals surface area (Å²) in [6.45, 7) is 4.41. The van der Waals surface area contributed by atoms with Gasteiger partial charge in [-0.3, -0.25) is 0 Å². The van der Waals surface area contributed by atoms with E-state index in [1.165, 1.54) is 7.05 Å². The second-order valence-electron chi connectivity index (χ2n) is 4.39. The van der Waals surface area contributed by atoms with Crippen LogP contribution in [-0.4, -0.2) is 35.2 Å². The van der Waals surface area contributed by atoms with Crippen molar-refractivity contribution in [2.45, 2.75) is 31.2 Å². The molecule has 0 radical (unpaired) electrons. The number of ether oxygens (including phenoxy) is 1. The van der Waals surface area contributed by atoms with Crippen LogP contribution >= 0.6 is 0 Å². The number of anilines is 1. The normalized spacial score (nSPS) is 13.3. The van der Waals surface area contributed by atoms with Crippen molar-refractivity contribution in [1.29, 1.82) is 0 Å². The van der Waals surface area contributed by atoms with Gasteiger partial charge in [0.15, 0.2) is 0 Å². The van der Waals surface area contributed by atoms with E-state index in [4.69, 9.17) is 4.74 Å². The molecule has 5 nitrogen and oxygen atoms in total. The van der Waals surface area contributed by atoms with Gasteiger partial charge in [0.05, 0.1) is 11.5 Å². The first-order valence-electron chi connectivity index (χ1n) is 6.24. The zero-order valence-corrected chi connectivity index (χ0v) is 12.7. The minimum atomic E-state index is -3.43. The zero-order valence-electron chi connectivity index (χ0n) is 11.9. The molecule has 0 aromatic heterocycles. The molecular formula is C13H22N2O3S. The maximum atomic E-state index is 11.9. The summed E-state index contributed by atoms with van der Waals surface area (Å²) in [5.74, 6) is 0. The summed E-state index contributed by atoms with van der Waals surface area (Å²) in [7, 11) is -0.367. The lowest BCUT2D eigenvalue weighted by molar-refractivity contribution is 0.184. The quantitative estimate of drug-likeness (QED) is 0.801. The van der Waals surface area contributed by atoms with Gasteiger partial charge in [-0.1, -0.05) is 13.0 Å². The van der Waals surface area contributed by atoms with Crippen molar-refractivity contribution in [1.82, 2.24) is 4.72 Å². The summed E-state index contributed by atoms with van der Waals surface area (Å²) < 4.78 is 31.2. The van der Waals surface area contributed by atoms with Gasteiger partial charge in [-0.15, -0.1) is 0 Å². The smallest absolute Gasteiger partial charge is 0.240 e. The van der Waals surface area contributed by atoms with E-state index in [1.807, 2.05) is 6.07 Å². The predicted octanol–water partition coefficient (Wildman–Crippen LogP) is 1.74.